The summed E-state index contributed by atoms with van der Waals surface area (Å²) < 4.78 is 0. The smallest absolute Gasteiger partial charge is 0.254 e. The molecule has 4 nitrogen and oxygen atoms in total. The van der Waals surface area contributed by atoms with Gasteiger partial charge in [-0.05, 0) is 24.6 Å². The molecular formula is C14H16N2O2. The van der Waals surface area contributed by atoms with Gasteiger partial charge in [0.25, 0.3) is 5.91 Å². The Kier molecular flexibility index (Phi) is 3.35. The van der Waals surface area contributed by atoms with Crippen LogP contribution in [-0.2, 0) is 0 Å². The molecule has 1 saturated heterocycles. The molecule has 0 aromatic heterocycles. The van der Waals surface area contributed by atoms with Crippen LogP contribution in [0.25, 0.3) is 0 Å². The van der Waals surface area contributed by atoms with Gasteiger partial charge in [0.2, 0.25) is 0 Å². The Morgan fingerprint density at radius 2 is 2.28 bits per heavy atom. The van der Waals surface area contributed by atoms with Crippen molar-refractivity contribution in [3.05, 3.63) is 35.4 Å². The average Bonchev–Trinajstić information content (AvgIpc) is 2.35. The van der Waals surface area contributed by atoms with Crippen molar-refractivity contribution < 1.29 is 9.90 Å². The van der Waals surface area contributed by atoms with E-state index in [1.54, 1.807) is 29.2 Å². The number of carbonyl (C=O) groups excluding carboxylic acids is 1. The first-order valence-electron chi connectivity index (χ1n) is 6.10. The number of carbonyl (C=O) groups is 1. The summed E-state index contributed by atoms with van der Waals surface area (Å²) in [4.78, 5) is 13.7. The molecule has 18 heavy (non-hydrogen) atoms. The normalized spacial score (nSPS) is 16.8. The molecule has 1 aromatic carbocycles. The molecule has 0 radical (unpaired) electrons. The van der Waals surface area contributed by atoms with Crippen molar-refractivity contribution in [2.45, 2.75) is 25.4 Å². The largest absolute Gasteiger partial charge is 0.386 e. The molecule has 94 valence electrons. The highest BCUT2D eigenvalue weighted by Gasteiger charge is 2.42. The predicted octanol–water partition coefficient (Wildman–Crippen LogP) is 1.55. The molecule has 0 spiro atoms. The first-order chi connectivity index (χ1) is 8.58. The number of nitriles is 1. The molecule has 1 heterocycles. The minimum absolute atomic E-state index is 0.118. The Hall–Kier alpha value is -1.86. The number of amides is 1. The van der Waals surface area contributed by atoms with E-state index in [1.165, 1.54) is 0 Å². The Balaban J connectivity index is 2.04. The van der Waals surface area contributed by atoms with Gasteiger partial charge in [-0.2, -0.15) is 5.26 Å². The highest BCUT2D eigenvalue weighted by Crippen LogP contribution is 2.27. The fraction of sp³-hybridized carbons (Fsp3) is 0.429. The molecule has 0 saturated carbocycles. The second-order valence-electron chi connectivity index (χ2n) is 4.83. The zero-order valence-electron chi connectivity index (χ0n) is 10.4. The van der Waals surface area contributed by atoms with Crippen LogP contribution in [0.2, 0.25) is 0 Å². The quantitative estimate of drug-likeness (QED) is 0.877. The molecule has 1 N–H and O–H groups in total. The lowest BCUT2D eigenvalue weighted by Gasteiger charge is -2.46. The van der Waals surface area contributed by atoms with Crippen LogP contribution in [-0.4, -0.2) is 34.6 Å². The fourth-order valence-electron chi connectivity index (χ4n) is 2.34. The second-order valence-corrected chi connectivity index (χ2v) is 4.83. The lowest BCUT2D eigenvalue weighted by molar-refractivity contribution is -0.0860. The molecular weight excluding hydrogens is 228 g/mol. The van der Waals surface area contributed by atoms with Crippen LogP contribution in [0.1, 0.15) is 35.7 Å². The van der Waals surface area contributed by atoms with Crippen LogP contribution < -0.4 is 0 Å². The number of β-amino-alcohol motifs (C(OH)–C–C–N with tert-alkyl or cyclic N) is 1. The van der Waals surface area contributed by atoms with E-state index in [2.05, 4.69) is 0 Å². The Morgan fingerprint density at radius 1 is 1.56 bits per heavy atom. The van der Waals surface area contributed by atoms with Gasteiger partial charge in [0.1, 0.15) is 0 Å². The summed E-state index contributed by atoms with van der Waals surface area (Å²) in [6.07, 6.45) is 1.62. The number of likely N-dealkylation sites (tertiary alicyclic amines) is 1. The van der Waals surface area contributed by atoms with Gasteiger partial charge in [0.15, 0.2) is 0 Å². The lowest BCUT2D eigenvalue weighted by Crippen LogP contribution is -2.63. The zero-order chi connectivity index (χ0) is 13.2. The van der Waals surface area contributed by atoms with E-state index < -0.39 is 5.60 Å². The molecule has 4 heteroatoms. The molecule has 1 fully saturated rings. The fourth-order valence-corrected chi connectivity index (χ4v) is 2.34. The van der Waals surface area contributed by atoms with Crippen LogP contribution in [0.15, 0.2) is 24.3 Å². The molecule has 1 aromatic rings. The van der Waals surface area contributed by atoms with E-state index in [4.69, 9.17) is 5.26 Å². The topological polar surface area (TPSA) is 64.3 Å². The Morgan fingerprint density at radius 3 is 2.89 bits per heavy atom. The highest BCUT2D eigenvalue weighted by atomic mass is 16.3. The van der Waals surface area contributed by atoms with Crippen molar-refractivity contribution in [1.82, 2.24) is 4.90 Å². The lowest BCUT2D eigenvalue weighted by atomic mass is 9.88. The number of hydrogen-bond donors (Lipinski definition) is 1. The third-order valence-electron chi connectivity index (χ3n) is 3.21. The molecule has 0 unspecified atom stereocenters. The minimum atomic E-state index is -0.711. The van der Waals surface area contributed by atoms with Crippen molar-refractivity contribution in [2.75, 3.05) is 13.1 Å². The molecule has 2 rings (SSSR count). The van der Waals surface area contributed by atoms with Gasteiger partial charge in [0, 0.05) is 5.56 Å². The Bertz CT molecular complexity index is 499. The zero-order valence-corrected chi connectivity index (χ0v) is 10.4. The van der Waals surface area contributed by atoms with Gasteiger partial charge in [-0.1, -0.05) is 19.4 Å². The van der Waals surface area contributed by atoms with E-state index in [-0.39, 0.29) is 5.91 Å². The summed E-state index contributed by atoms with van der Waals surface area (Å²) >= 11 is 0. The third-order valence-corrected chi connectivity index (χ3v) is 3.21. The molecule has 1 aliphatic rings. The van der Waals surface area contributed by atoms with Crippen LogP contribution in [0.4, 0.5) is 0 Å². The molecule has 0 atom stereocenters. The summed E-state index contributed by atoms with van der Waals surface area (Å²) in [5.41, 5.74) is 0.273. The maximum atomic E-state index is 12.1. The van der Waals surface area contributed by atoms with Crippen molar-refractivity contribution in [3.8, 4) is 6.07 Å². The summed E-state index contributed by atoms with van der Waals surface area (Å²) in [6.45, 7) is 2.78. The minimum Gasteiger partial charge on any atom is -0.386 e. The standard InChI is InChI=1S/C14H16N2O2/c1-2-6-14(18)9-16(10-14)13(17)12-5-3-4-11(7-12)8-15/h3-5,7,18H,2,6,9-10H2,1H3. The summed E-state index contributed by atoms with van der Waals surface area (Å²) in [7, 11) is 0. The van der Waals surface area contributed by atoms with E-state index in [1.807, 2.05) is 13.0 Å². The summed E-state index contributed by atoms with van der Waals surface area (Å²) in [6, 6.07) is 8.66. The van der Waals surface area contributed by atoms with Gasteiger partial charge in [0.05, 0.1) is 30.3 Å². The maximum absolute atomic E-state index is 12.1. The van der Waals surface area contributed by atoms with Crippen LogP contribution in [0.3, 0.4) is 0 Å². The Labute approximate surface area is 106 Å². The molecule has 1 amide bonds. The number of nitrogens with zero attached hydrogens (tertiary/aromatic N) is 2. The van der Waals surface area contributed by atoms with E-state index in [9.17, 15) is 9.90 Å². The van der Waals surface area contributed by atoms with Gasteiger partial charge < -0.3 is 10.0 Å². The summed E-state index contributed by atoms with van der Waals surface area (Å²) in [5, 5.41) is 18.8. The second kappa shape index (κ2) is 4.79. The van der Waals surface area contributed by atoms with Crippen LogP contribution in [0, 0.1) is 11.3 Å². The van der Waals surface area contributed by atoms with Gasteiger partial charge in [-0.3, -0.25) is 4.79 Å². The van der Waals surface area contributed by atoms with Crippen LogP contribution >= 0.6 is 0 Å². The maximum Gasteiger partial charge on any atom is 0.254 e. The molecule has 0 bridgehead atoms. The number of hydrogen-bond acceptors (Lipinski definition) is 3. The summed E-state index contributed by atoms with van der Waals surface area (Å²) in [5.74, 6) is -0.118. The van der Waals surface area contributed by atoms with Crippen molar-refractivity contribution in [3.63, 3.8) is 0 Å². The van der Waals surface area contributed by atoms with E-state index in [0.717, 1.165) is 12.8 Å². The van der Waals surface area contributed by atoms with Crippen molar-refractivity contribution in [2.24, 2.45) is 0 Å². The van der Waals surface area contributed by atoms with Crippen molar-refractivity contribution in [1.29, 1.82) is 5.26 Å². The monoisotopic (exact) mass is 244 g/mol. The van der Waals surface area contributed by atoms with Gasteiger partial charge in [-0.25, -0.2) is 0 Å². The number of benzene rings is 1. The van der Waals surface area contributed by atoms with Crippen molar-refractivity contribution >= 4 is 5.91 Å². The van der Waals surface area contributed by atoms with E-state index >= 15 is 0 Å². The van der Waals surface area contributed by atoms with Crippen LogP contribution in [0.5, 0.6) is 0 Å². The SMILES string of the molecule is CCCC1(O)CN(C(=O)c2cccc(C#N)c2)C1. The number of aliphatic hydroxyl groups is 1. The van der Waals surface area contributed by atoms with E-state index in [0.29, 0.717) is 24.2 Å². The molecule has 1 aliphatic heterocycles. The number of rotatable bonds is 3. The average molecular weight is 244 g/mol. The predicted molar refractivity (Wildman–Crippen MR) is 66.9 cm³/mol. The third kappa shape index (κ3) is 2.36. The highest BCUT2D eigenvalue weighted by molar-refractivity contribution is 5.95. The first-order valence-corrected chi connectivity index (χ1v) is 6.10. The molecule has 0 aliphatic carbocycles. The van der Waals surface area contributed by atoms with Gasteiger partial charge in [-0.15, -0.1) is 0 Å². The van der Waals surface area contributed by atoms with Gasteiger partial charge >= 0.3 is 0 Å². The first kappa shape index (κ1) is 12.6.